The van der Waals surface area contributed by atoms with Crippen LogP contribution in [0.5, 0.6) is 0 Å². The van der Waals surface area contributed by atoms with Crippen molar-refractivity contribution in [3.05, 3.63) is 0 Å². The first-order valence-corrected chi connectivity index (χ1v) is 6.34. The molecule has 0 aromatic heterocycles. The topological polar surface area (TPSA) is 64.4 Å². The van der Waals surface area contributed by atoms with Crippen LogP contribution in [0.25, 0.3) is 0 Å². The Balaban J connectivity index is 2.46. The summed E-state index contributed by atoms with van der Waals surface area (Å²) >= 11 is 0. The normalized spacial score (nSPS) is 19.2. The third kappa shape index (κ3) is 3.73. The largest absolute Gasteiger partial charge is 0.343 e. The molecule has 0 bridgehead atoms. The summed E-state index contributed by atoms with van der Waals surface area (Å²) in [6, 6.07) is 2.00. The van der Waals surface area contributed by atoms with Crippen LogP contribution >= 0.6 is 0 Å². The minimum atomic E-state index is -0.0944. The van der Waals surface area contributed by atoms with E-state index in [1.807, 2.05) is 6.07 Å². The highest BCUT2D eigenvalue weighted by Crippen LogP contribution is 2.24. The van der Waals surface area contributed by atoms with Gasteiger partial charge in [0.05, 0.1) is 19.0 Å². The summed E-state index contributed by atoms with van der Waals surface area (Å²) in [5.74, 6) is 0.791. The zero-order valence-electron chi connectivity index (χ0n) is 11.3. The van der Waals surface area contributed by atoms with Crippen molar-refractivity contribution in [3.63, 3.8) is 0 Å². The summed E-state index contributed by atoms with van der Waals surface area (Å²) in [7, 11) is 1.67. The summed E-state index contributed by atoms with van der Waals surface area (Å²) < 4.78 is 0. The number of carbonyl (C=O) groups excluding carboxylic acids is 2. The minimum Gasteiger partial charge on any atom is -0.343 e. The molecule has 0 saturated carbocycles. The fourth-order valence-corrected chi connectivity index (χ4v) is 2.03. The smallest absolute Gasteiger partial charge is 0.241 e. The summed E-state index contributed by atoms with van der Waals surface area (Å²) in [5.41, 5.74) is 0. The maximum Gasteiger partial charge on any atom is 0.241 e. The molecule has 1 aliphatic rings. The molecule has 0 aliphatic carbocycles. The van der Waals surface area contributed by atoms with Gasteiger partial charge in [-0.3, -0.25) is 9.59 Å². The van der Waals surface area contributed by atoms with Crippen molar-refractivity contribution < 1.29 is 9.59 Å². The first-order chi connectivity index (χ1) is 8.45. The average molecular weight is 251 g/mol. The van der Waals surface area contributed by atoms with E-state index in [2.05, 4.69) is 13.8 Å². The van der Waals surface area contributed by atoms with Crippen LogP contribution in [0.15, 0.2) is 0 Å². The maximum absolute atomic E-state index is 11.8. The number of nitrogens with zero attached hydrogens (tertiary/aromatic N) is 3. The van der Waals surface area contributed by atoms with Crippen LogP contribution in [-0.2, 0) is 9.59 Å². The minimum absolute atomic E-state index is 0.0655. The van der Waals surface area contributed by atoms with Gasteiger partial charge in [0.1, 0.15) is 0 Å². The molecule has 0 radical (unpaired) electrons. The van der Waals surface area contributed by atoms with Gasteiger partial charge in [0.15, 0.2) is 0 Å². The van der Waals surface area contributed by atoms with Gasteiger partial charge < -0.3 is 9.80 Å². The molecule has 1 atom stereocenters. The van der Waals surface area contributed by atoms with E-state index in [4.69, 9.17) is 5.26 Å². The van der Waals surface area contributed by atoms with Crippen molar-refractivity contribution in [1.82, 2.24) is 9.80 Å². The summed E-state index contributed by atoms with van der Waals surface area (Å²) in [6.07, 6.45) is 0.873. The van der Waals surface area contributed by atoms with Crippen LogP contribution in [0, 0.1) is 23.2 Å². The van der Waals surface area contributed by atoms with Crippen LogP contribution in [0.1, 0.15) is 26.7 Å². The predicted molar refractivity (Wildman–Crippen MR) is 67.4 cm³/mol. The second kappa shape index (κ2) is 6.39. The molecule has 5 heteroatoms. The second-order valence-electron chi connectivity index (χ2n) is 5.21. The molecule has 1 saturated heterocycles. The standard InChI is InChI=1S/C13H21N3O2/c1-10(2)11-7-12(17)16(8-11)9-13(18)15(3)6-4-5-14/h10-11H,4,6-9H2,1-3H3. The molecule has 1 aliphatic heterocycles. The number of likely N-dealkylation sites (N-methyl/N-ethyl adjacent to an activating group) is 1. The van der Waals surface area contributed by atoms with Crippen molar-refractivity contribution >= 4 is 11.8 Å². The summed E-state index contributed by atoms with van der Waals surface area (Å²) in [6.45, 7) is 5.44. The van der Waals surface area contributed by atoms with Crippen molar-refractivity contribution in [2.45, 2.75) is 26.7 Å². The fourth-order valence-electron chi connectivity index (χ4n) is 2.03. The van der Waals surface area contributed by atoms with Gasteiger partial charge in [-0.25, -0.2) is 0 Å². The molecular weight excluding hydrogens is 230 g/mol. The number of rotatable bonds is 5. The molecule has 100 valence electrons. The lowest BCUT2D eigenvalue weighted by molar-refractivity contribution is -0.137. The van der Waals surface area contributed by atoms with Crippen molar-refractivity contribution in [1.29, 1.82) is 5.26 Å². The van der Waals surface area contributed by atoms with Crippen LogP contribution in [-0.4, -0.2) is 48.3 Å². The maximum atomic E-state index is 11.8. The van der Waals surface area contributed by atoms with E-state index < -0.39 is 0 Å². The molecule has 1 unspecified atom stereocenters. The quantitative estimate of drug-likeness (QED) is 0.728. The van der Waals surface area contributed by atoms with Gasteiger partial charge in [0.25, 0.3) is 0 Å². The van der Waals surface area contributed by atoms with Crippen molar-refractivity contribution in [2.75, 3.05) is 26.7 Å². The van der Waals surface area contributed by atoms with Crippen LogP contribution < -0.4 is 0 Å². The molecule has 5 nitrogen and oxygen atoms in total. The van der Waals surface area contributed by atoms with Crippen molar-refractivity contribution in [3.8, 4) is 6.07 Å². The number of hydrogen-bond acceptors (Lipinski definition) is 3. The van der Waals surface area contributed by atoms with E-state index in [0.717, 1.165) is 0 Å². The SMILES string of the molecule is CC(C)C1CC(=O)N(CC(=O)N(C)CCC#N)C1. The average Bonchev–Trinajstić information content (AvgIpc) is 2.68. The highest BCUT2D eigenvalue weighted by Gasteiger charge is 2.32. The lowest BCUT2D eigenvalue weighted by atomic mass is 9.95. The number of likely N-dealkylation sites (tertiary alicyclic amines) is 1. The van der Waals surface area contributed by atoms with Gasteiger partial charge in [-0.05, 0) is 11.8 Å². The Morgan fingerprint density at radius 1 is 1.61 bits per heavy atom. The molecule has 0 N–H and O–H groups in total. The predicted octanol–water partition coefficient (Wildman–Crippen LogP) is 0.863. The lowest BCUT2D eigenvalue weighted by Crippen LogP contribution is -2.39. The zero-order valence-corrected chi connectivity index (χ0v) is 11.3. The molecular formula is C13H21N3O2. The third-order valence-corrected chi connectivity index (χ3v) is 3.50. The summed E-state index contributed by atoms with van der Waals surface area (Å²) in [5, 5.41) is 8.47. The van der Waals surface area contributed by atoms with Gasteiger partial charge in [0, 0.05) is 26.6 Å². The Labute approximate surface area is 108 Å². The summed E-state index contributed by atoms with van der Waals surface area (Å²) in [4.78, 5) is 26.8. The zero-order chi connectivity index (χ0) is 13.7. The first kappa shape index (κ1) is 14.5. The number of nitriles is 1. The second-order valence-corrected chi connectivity index (χ2v) is 5.21. The monoisotopic (exact) mass is 251 g/mol. The third-order valence-electron chi connectivity index (χ3n) is 3.50. The Morgan fingerprint density at radius 2 is 2.28 bits per heavy atom. The molecule has 1 heterocycles. The molecule has 1 fully saturated rings. The number of amides is 2. The highest BCUT2D eigenvalue weighted by atomic mass is 16.2. The van der Waals surface area contributed by atoms with Crippen LogP contribution in [0.4, 0.5) is 0 Å². The van der Waals surface area contributed by atoms with Crippen LogP contribution in [0.2, 0.25) is 0 Å². The molecule has 0 aromatic carbocycles. The number of carbonyl (C=O) groups is 2. The number of hydrogen-bond donors (Lipinski definition) is 0. The molecule has 0 spiro atoms. The van der Waals surface area contributed by atoms with E-state index in [0.29, 0.717) is 37.8 Å². The van der Waals surface area contributed by atoms with E-state index in [9.17, 15) is 9.59 Å². The fraction of sp³-hybridized carbons (Fsp3) is 0.769. The van der Waals surface area contributed by atoms with Gasteiger partial charge in [-0.15, -0.1) is 0 Å². The Hall–Kier alpha value is -1.57. The van der Waals surface area contributed by atoms with E-state index in [-0.39, 0.29) is 18.4 Å². The molecule has 2 amide bonds. The highest BCUT2D eigenvalue weighted by molar-refractivity contribution is 5.86. The van der Waals surface area contributed by atoms with Gasteiger partial charge in [-0.1, -0.05) is 13.8 Å². The van der Waals surface area contributed by atoms with Crippen LogP contribution in [0.3, 0.4) is 0 Å². The van der Waals surface area contributed by atoms with E-state index in [1.54, 1.807) is 11.9 Å². The molecule has 1 rings (SSSR count). The van der Waals surface area contributed by atoms with E-state index in [1.165, 1.54) is 4.90 Å². The lowest BCUT2D eigenvalue weighted by Gasteiger charge is -2.21. The first-order valence-electron chi connectivity index (χ1n) is 6.34. The molecule has 18 heavy (non-hydrogen) atoms. The van der Waals surface area contributed by atoms with E-state index >= 15 is 0 Å². The Morgan fingerprint density at radius 3 is 2.78 bits per heavy atom. The van der Waals surface area contributed by atoms with Gasteiger partial charge >= 0.3 is 0 Å². The van der Waals surface area contributed by atoms with Gasteiger partial charge in [0.2, 0.25) is 11.8 Å². The van der Waals surface area contributed by atoms with Gasteiger partial charge in [-0.2, -0.15) is 5.26 Å². The molecule has 0 aromatic rings. The van der Waals surface area contributed by atoms with Crippen molar-refractivity contribution in [2.24, 2.45) is 11.8 Å². The Bertz CT molecular complexity index is 360. The Kier molecular flexibility index (Phi) is 5.14.